The number of nitrogens with zero attached hydrogens (tertiary/aromatic N) is 2. The Hall–Kier alpha value is -2.72. The van der Waals surface area contributed by atoms with Crippen molar-refractivity contribution in [1.29, 1.82) is 0 Å². The molecular weight excluding hydrogens is 394 g/mol. The van der Waals surface area contributed by atoms with Gasteiger partial charge in [-0.3, -0.25) is 9.79 Å². The number of likely N-dealkylation sites (tertiary alicyclic amines) is 1. The molecule has 1 fully saturated rings. The molecule has 1 N–H and O–H groups in total. The van der Waals surface area contributed by atoms with Crippen LogP contribution in [0.15, 0.2) is 53.0 Å². The maximum atomic E-state index is 13.0. The van der Waals surface area contributed by atoms with Crippen LogP contribution in [0, 0.1) is 0 Å². The van der Waals surface area contributed by atoms with Gasteiger partial charge in [0.2, 0.25) is 0 Å². The second-order valence-corrected chi connectivity index (χ2v) is 9.75. The zero-order valence-corrected chi connectivity index (χ0v) is 19.4. The third-order valence-electron chi connectivity index (χ3n) is 7.38. The molecule has 2 heterocycles. The Morgan fingerprint density at radius 1 is 1.03 bits per heavy atom. The number of hydrogen-bond acceptors (Lipinski definition) is 4. The van der Waals surface area contributed by atoms with Gasteiger partial charge in [0.1, 0.15) is 5.84 Å². The molecule has 5 rings (SSSR count). The highest BCUT2D eigenvalue weighted by Crippen LogP contribution is 2.34. The highest BCUT2D eigenvalue weighted by molar-refractivity contribution is 6.07. The molecule has 32 heavy (non-hydrogen) atoms. The molecule has 2 aromatic carbocycles. The van der Waals surface area contributed by atoms with E-state index in [2.05, 4.69) is 61.3 Å². The smallest absolute Gasteiger partial charge is 0.163 e. The van der Waals surface area contributed by atoms with E-state index in [-0.39, 0.29) is 11.7 Å². The standard InChI is InChI=1S/C28H33N3O/c1-18(2)31-11-9-24(10-12-31)30-28-26-15-22-14-25(19(3)20-7-5-4-6-8-20)27(32)16-21(22)13-23(26)17-29-28/h4-8,13-15,18-19,24H,9-12,16-17H2,1-3H3,(H,29,30). The lowest BCUT2D eigenvalue weighted by molar-refractivity contribution is -0.115. The van der Waals surface area contributed by atoms with Crippen LogP contribution < -0.4 is 5.32 Å². The Morgan fingerprint density at radius 2 is 1.78 bits per heavy atom. The van der Waals surface area contributed by atoms with Crippen molar-refractivity contribution in [3.63, 3.8) is 0 Å². The van der Waals surface area contributed by atoms with Gasteiger partial charge in [-0.05, 0) is 61.1 Å². The summed E-state index contributed by atoms with van der Waals surface area (Å²) >= 11 is 0. The first-order chi connectivity index (χ1) is 15.5. The number of rotatable bonds is 4. The second-order valence-electron chi connectivity index (χ2n) is 9.75. The Balaban J connectivity index is 1.37. The molecule has 166 valence electrons. The van der Waals surface area contributed by atoms with Crippen LogP contribution >= 0.6 is 0 Å². The molecular formula is C28H33N3O. The van der Waals surface area contributed by atoms with E-state index in [1.165, 1.54) is 22.3 Å². The molecule has 0 spiro atoms. The number of benzene rings is 2. The molecule has 0 bridgehead atoms. The highest BCUT2D eigenvalue weighted by atomic mass is 16.1. The van der Waals surface area contributed by atoms with Crippen molar-refractivity contribution in [3.8, 4) is 0 Å². The summed E-state index contributed by atoms with van der Waals surface area (Å²) in [6.45, 7) is 9.69. The van der Waals surface area contributed by atoms with E-state index in [1.807, 2.05) is 18.2 Å². The third-order valence-corrected chi connectivity index (χ3v) is 7.38. The van der Waals surface area contributed by atoms with Crippen molar-refractivity contribution in [2.24, 2.45) is 4.99 Å². The van der Waals surface area contributed by atoms with Gasteiger partial charge < -0.3 is 10.2 Å². The minimum absolute atomic E-state index is 0.0995. The van der Waals surface area contributed by atoms with Gasteiger partial charge in [-0.2, -0.15) is 0 Å². The molecule has 0 saturated carbocycles. The Labute approximate surface area is 191 Å². The minimum atomic E-state index is 0.0995. The van der Waals surface area contributed by atoms with Crippen LogP contribution in [0.1, 0.15) is 67.3 Å². The lowest BCUT2D eigenvalue weighted by Gasteiger charge is -2.35. The number of fused-ring (bicyclic) bond motifs is 2. The second kappa shape index (κ2) is 8.67. The lowest BCUT2D eigenvalue weighted by atomic mass is 9.81. The minimum Gasteiger partial charge on any atom is -0.367 e. The van der Waals surface area contributed by atoms with E-state index in [1.54, 1.807) is 0 Å². The average Bonchev–Trinajstić information content (AvgIpc) is 3.19. The highest BCUT2D eigenvalue weighted by Gasteiger charge is 2.28. The molecule has 1 atom stereocenters. The number of hydrogen-bond donors (Lipinski definition) is 1. The van der Waals surface area contributed by atoms with E-state index >= 15 is 0 Å². The zero-order valence-electron chi connectivity index (χ0n) is 19.4. The predicted molar refractivity (Wildman–Crippen MR) is 131 cm³/mol. The number of nitrogens with one attached hydrogen (secondary N) is 1. The SMILES string of the molecule is CC(C1=Cc2cc3c(cc2CC1=O)CN=C3NC1CCN(C(C)C)CC1)c1ccccc1. The topological polar surface area (TPSA) is 44.7 Å². The summed E-state index contributed by atoms with van der Waals surface area (Å²) in [5, 5.41) is 3.74. The van der Waals surface area contributed by atoms with Crippen molar-refractivity contribution in [2.45, 2.75) is 64.6 Å². The number of Topliss-reactive ketones (excluding diaryl/α,β-unsaturated/α-hetero) is 1. The number of piperidine rings is 1. The molecule has 0 aromatic heterocycles. The van der Waals surface area contributed by atoms with Gasteiger partial charge in [0.25, 0.3) is 0 Å². The Morgan fingerprint density at radius 3 is 2.50 bits per heavy atom. The fourth-order valence-corrected chi connectivity index (χ4v) is 5.29. The van der Waals surface area contributed by atoms with Gasteiger partial charge in [0, 0.05) is 48.6 Å². The molecule has 0 radical (unpaired) electrons. The normalized spacial score (nSPS) is 19.9. The molecule has 2 aromatic rings. The summed E-state index contributed by atoms with van der Waals surface area (Å²) < 4.78 is 0. The number of amidine groups is 1. The largest absolute Gasteiger partial charge is 0.367 e. The number of aliphatic imine (C=N–C) groups is 1. The predicted octanol–water partition coefficient (Wildman–Crippen LogP) is 4.72. The first kappa shape index (κ1) is 21.1. The van der Waals surface area contributed by atoms with Crippen molar-refractivity contribution in [2.75, 3.05) is 13.1 Å². The van der Waals surface area contributed by atoms with Crippen molar-refractivity contribution >= 4 is 17.7 Å². The summed E-state index contributed by atoms with van der Waals surface area (Å²) in [4.78, 5) is 20.3. The van der Waals surface area contributed by atoms with E-state index in [0.717, 1.165) is 42.9 Å². The number of carbonyl (C=O) groups excluding carboxylic acids is 1. The Bertz CT molecular complexity index is 1080. The molecule has 1 unspecified atom stereocenters. The summed E-state index contributed by atoms with van der Waals surface area (Å²) in [6, 6.07) is 15.9. The molecule has 4 heteroatoms. The summed E-state index contributed by atoms with van der Waals surface area (Å²) in [5.74, 6) is 1.37. The van der Waals surface area contributed by atoms with Crippen LogP contribution in [0.3, 0.4) is 0 Å². The number of allylic oxidation sites excluding steroid dienone is 1. The van der Waals surface area contributed by atoms with Crippen LogP contribution in [-0.2, 0) is 17.8 Å². The van der Waals surface area contributed by atoms with E-state index < -0.39 is 0 Å². The van der Waals surface area contributed by atoms with Gasteiger partial charge in [-0.15, -0.1) is 0 Å². The first-order valence-electron chi connectivity index (χ1n) is 12.0. The van der Waals surface area contributed by atoms with Crippen LogP contribution in [0.25, 0.3) is 6.08 Å². The first-order valence-corrected chi connectivity index (χ1v) is 12.0. The van der Waals surface area contributed by atoms with Crippen molar-refractivity contribution in [1.82, 2.24) is 10.2 Å². The van der Waals surface area contributed by atoms with Crippen LogP contribution in [0.2, 0.25) is 0 Å². The van der Waals surface area contributed by atoms with Gasteiger partial charge in [0.05, 0.1) is 6.54 Å². The van der Waals surface area contributed by atoms with E-state index in [0.29, 0.717) is 25.0 Å². The third kappa shape index (κ3) is 4.04. The number of carbonyl (C=O) groups is 1. The zero-order chi connectivity index (χ0) is 22.2. The summed E-state index contributed by atoms with van der Waals surface area (Å²) in [7, 11) is 0. The maximum Gasteiger partial charge on any atom is 0.163 e. The number of ketones is 1. The molecule has 3 aliphatic rings. The van der Waals surface area contributed by atoms with Crippen LogP contribution in [0.4, 0.5) is 0 Å². The summed E-state index contributed by atoms with van der Waals surface area (Å²) in [5.41, 5.74) is 6.87. The monoisotopic (exact) mass is 427 g/mol. The molecule has 4 nitrogen and oxygen atoms in total. The molecule has 1 saturated heterocycles. The van der Waals surface area contributed by atoms with Gasteiger partial charge in [-0.25, -0.2) is 0 Å². The fourth-order valence-electron chi connectivity index (χ4n) is 5.29. The fraction of sp³-hybridized carbons (Fsp3) is 0.429. The van der Waals surface area contributed by atoms with Gasteiger partial charge in [0.15, 0.2) is 5.78 Å². The lowest BCUT2D eigenvalue weighted by Crippen LogP contribution is -2.46. The Kier molecular flexibility index (Phi) is 5.73. The van der Waals surface area contributed by atoms with E-state index in [9.17, 15) is 4.79 Å². The van der Waals surface area contributed by atoms with Crippen LogP contribution in [0.5, 0.6) is 0 Å². The summed E-state index contributed by atoms with van der Waals surface area (Å²) in [6.07, 6.45) is 4.92. The van der Waals surface area contributed by atoms with E-state index in [4.69, 9.17) is 4.99 Å². The average molecular weight is 428 g/mol. The molecule has 2 aliphatic heterocycles. The van der Waals surface area contributed by atoms with Gasteiger partial charge >= 0.3 is 0 Å². The quantitative estimate of drug-likeness (QED) is 0.768. The van der Waals surface area contributed by atoms with Crippen molar-refractivity contribution < 1.29 is 4.79 Å². The maximum absolute atomic E-state index is 13.0. The van der Waals surface area contributed by atoms with Crippen LogP contribution in [-0.4, -0.2) is 41.7 Å². The van der Waals surface area contributed by atoms with Gasteiger partial charge in [-0.1, -0.05) is 43.3 Å². The molecule has 1 aliphatic carbocycles. The molecule has 0 amide bonds. The van der Waals surface area contributed by atoms with Crippen molar-refractivity contribution in [3.05, 3.63) is 75.9 Å².